The van der Waals surface area contributed by atoms with E-state index in [2.05, 4.69) is 16.0 Å². The molecule has 1 aromatic carbocycles. The van der Waals surface area contributed by atoms with Gasteiger partial charge in [0.25, 0.3) is 5.91 Å². The lowest BCUT2D eigenvalue weighted by molar-refractivity contribution is -0.125. The molecule has 0 saturated heterocycles. The van der Waals surface area contributed by atoms with Crippen LogP contribution in [0.3, 0.4) is 0 Å². The molecule has 3 amide bonds. The van der Waals surface area contributed by atoms with Crippen molar-refractivity contribution in [2.75, 3.05) is 23.9 Å². The van der Waals surface area contributed by atoms with Crippen LogP contribution in [0, 0.1) is 13.8 Å². The fourth-order valence-corrected chi connectivity index (χ4v) is 3.10. The molecule has 0 fully saturated rings. The molecule has 0 aliphatic rings. The van der Waals surface area contributed by atoms with Crippen molar-refractivity contribution in [3.05, 3.63) is 53.5 Å². The molecule has 1 atom stereocenters. The molecule has 1 heterocycles. The normalized spacial score (nSPS) is 11.5. The monoisotopic (exact) mass is 403 g/mol. The number of furan rings is 1. The van der Waals surface area contributed by atoms with Crippen LogP contribution >= 0.6 is 11.8 Å². The number of hydrogen-bond acceptors (Lipinski definition) is 5. The van der Waals surface area contributed by atoms with E-state index < -0.39 is 17.9 Å². The van der Waals surface area contributed by atoms with E-state index in [1.165, 1.54) is 12.3 Å². The van der Waals surface area contributed by atoms with Crippen molar-refractivity contribution < 1.29 is 18.8 Å². The third-order valence-electron chi connectivity index (χ3n) is 4.15. The van der Waals surface area contributed by atoms with Gasteiger partial charge in [0.05, 0.1) is 12.8 Å². The number of carbonyl (C=O) groups is 3. The molecule has 2 aromatic rings. The first-order chi connectivity index (χ1) is 13.4. The Morgan fingerprint density at radius 3 is 2.43 bits per heavy atom. The van der Waals surface area contributed by atoms with Gasteiger partial charge in [-0.25, -0.2) is 0 Å². The number of hydrogen-bond donors (Lipinski definition) is 3. The molecule has 0 radical (unpaired) electrons. The van der Waals surface area contributed by atoms with Crippen LogP contribution in [0.1, 0.15) is 28.1 Å². The number of amides is 3. The lowest BCUT2D eigenvalue weighted by Crippen LogP contribution is -2.48. The summed E-state index contributed by atoms with van der Waals surface area (Å²) in [4.78, 5) is 36.9. The van der Waals surface area contributed by atoms with Crippen molar-refractivity contribution in [2.24, 2.45) is 0 Å². The van der Waals surface area contributed by atoms with E-state index in [9.17, 15) is 14.4 Å². The number of para-hydroxylation sites is 1. The Kier molecular flexibility index (Phi) is 8.13. The van der Waals surface area contributed by atoms with E-state index in [-0.39, 0.29) is 18.2 Å². The molecule has 28 heavy (non-hydrogen) atoms. The molecule has 0 aliphatic heterocycles. The Labute approximate surface area is 168 Å². The molecule has 150 valence electrons. The summed E-state index contributed by atoms with van der Waals surface area (Å²) in [6, 6.07) is 8.10. The molecular formula is C20H25N3O4S. The summed E-state index contributed by atoms with van der Waals surface area (Å²) < 4.78 is 5.05. The van der Waals surface area contributed by atoms with E-state index >= 15 is 0 Å². The van der Waals surface area contributed by atoms with Crippen molar-refractivity contribution >= 4 is 35.2 Å². The van der Waals surface area contributed by atoms with Gasteiger partial charge in [-0.1, -0.05) is 18.2 Å². The number of benzene rings is 1. The Balaban J connectivity index is 1.92. The van der Waals surface area contributed by atoms with Gasteiger partial charge >= 0.3 is 0 Å². The van der Waals surface area contributed by atoms with Gasteiger partial charge in [0.15, 0.2) is 5.76 Å². The van der Waals surface area contributed by atoms with Gasteiger partial charge in [-0.3, -0.25) is 14.4 Å². The number of anilines is 1. The predicted molar refractivity (Wildman–Crippen MR) is 111 cm³/mol. The second-order valence-corrected chi connectivity index (χ2v) is 7.30. The maximum atomic E-state index is 12.5. The topological polar surface area (TPSA) is 100 Å². The highest BCUT2D eigenvalue weighted by atomic mass is 32.2. The van der Waals surface area contributed by atoms with E-state index in [0.717, 1.165) is 16.8 Å². The molecule has 7 nitrogen and oxygen atoms in total. The van der Waals surface area contributed by atoms with Crippen molar-refractivity contribution in [3.63, 3.8) is 0 Å². The summed E-state index contributed by atoms with van der Waals surface area (Å²) in [5.74, 6) is -0.385. The average molecular weight is 404 g/mol. The molecule has 1 aromatic heterocycles. The molecule has 0 saturated carbocycles. The van der Waals surface area contributed by atoms with Gasteiger partial charge in [-0.15, -0.1) is 0 Å². The minimum atomic E-state index is -0.752. The summed E-state index contributed by atoms with van der Waals surface area (Å²) in [6.45, 7) is 3.63. The highest BCUT2D eigenvalue weighted by Gasteiger charge is 2.22. The number of aryl methyl sites for hydroxylation is 2. The Morgan fingerprint density at radius 2 is 1.82 bits per heavy atom. The summed E-state index contributed by atoms with van der Waals surface area (Å²) in [5.41, 5.74) is 2.64. The zero-order chi connectivity index (χ0) is 20.5. The smallest absolute Gasteiger partial charge is 0.287 e. The summed E-state index contributed by atoms with van der Waals surface area (Å²) >= 11 is 1.57. The van der Waals surface area contributed by atoms with Gasteiger partial charge in [-0.05, 0) is 55.5 Å². The van der Waals surface area contributed by atoms with E-state index in [4.69, 9.17) is 4.42 Å². The highest BCUT2D eigenvalue weighted by molar-refractivity contribution is 7.98. The highest BCUT2D eigenvalue weighted by Crippen LogP contribution is 2.19. The van der Waals surface area contributed by atoms with Crippen LogP contribution in [0.15, 0.2) is 41.0 Å². The van der Waals surface area contributed by atoms with Gasteiger partial charge in [0.1, 0.15) is 6.04 Å². The average Bonchev–Trinajstić information content (AvgIpc) is 3.21. The number of thioether (sulfide) groups is 1. The molecule has 0 aliphatic carbocycles. The number of carbonyl (C=O) groups excluding carboxylic acids is 3. The first-order valence-corrected chi connectivity index (χ1v) is 10.3. The molecule has 1 unspecified atom stereocenters. The SMILES string of the molecule is CSCCC(NC(=O)c1ccco1)C(=O)NCC(=O)Nc1c(C)cccc1C. The zero-order valence-electron chi connectivity index (χ0n) is 16.2. The number of rotatable bonds is 9. The first kappa shape index (κ1) is 21.6. The molecule has 2 rings (SSSR count). The Morgan fingerprint density at radius 1 is 1.11 bits per heavy atom. The third kappa shape index (κ3) is 6.16. The molecule has 8 heteroatoms. The molecule has 3 N–H and O–H groups in total. The molecule has 0 spiro atoms. The van der Waals surface area contributed by atoms with Crippen molar-refractivity contribution in [3.8, 4) is 0 Å². The van der Waals surface area contributed by atoms with Gasteiger partial charge in [0, 0.05) is 5.69 Å². The second kappa shape index (κ2) is 10.6. The van der Waals surface area contributed by atoms with Crippen LogP contribution in [0.5, 0.6) is 0 Å². The molecule has 0 bridgehead atoms. The standard InChI is InChI=1S/C20H25N3O4S/c1-13-6-4-7-14(2)18(13)23-17(24)12-21-19(25)15(9-11-28-3)22-20(26)16-8-5-10-27-16/h4-8,10,15H,9,11-12H2,1-3H3,(H,21,25)(H,22,26)(H,23,24). The van der Waals surface area contributed by atoms with Crippen LogP contribution in [0.2, 0.25) is 0 Å². The minimum Gasteiger partial charge on any atom is -0.459 e. The maximum absolute atomic E-state index is 12.5. The van der Waals surface area contributed by atoms with Gasteiger partial charge in [0.2, 0.25) is 11.8 Å². The van der Waals surface area contributed by atoms with Crippen molar-refractivity contribution in [1.29, 1.82) is 0 Å². The van der Waals surface area contributed by atoms with Crippen LogP contribution in [0.25, 0.3) is 0 Å². The first-order valence-electron chi connectivity index (χ1n) is 8.89. The van der Waals surface area contributed by atoms with Crippen molar-refractivity contribution in [2.45, 2.75) is 26.3 Å². The third-order valence-corrected chi connectivity index (χ3v) is 4.79. The maximum Gasteiger partial charge on any atom is 0.287 e. The van der Waals surface area contributed by atoms with E-state index in [1.807, 2.05) is 38.3 Å². The van der Waals surface area contributed by atoms with E-state index in [1.54, 1.807) is 17.8 Å². The predicted octanol–water partition coefficient (Wildman–Crippen LogP) is 2.50. The van der Waals surface area contributed by atoms with Crippen LogP contribution in [-0.2, 0) is 9.59 Å². The van der Waals surface area contributed by atoms with Gasteiger partial charge < -0.3 is 20.4 Å². The second-order valence-electron chi connectivity index (χ2n) is 6.32. The Hall–Kier alpha value is -2.74. The quantitative estimate of drug-likeness (QED) is 0.597. The lowest BCUT2D eigenvalue weighted by atomic mass is 10.1. The lowest BCUT2D eigenvalue weighted by Gasteiger charge is -2.18. The van der Waals surface area contributed by atoms with E-state index in [0.29, 0.717) is 12.2 Å². The fourth-order valence-electron chi connectivity index (χ4n) is 2.63. The largest absolute Gasteiger partial charge is 0.459 e. The minimum absolute atomic E-state index is 0.134. The summed E-state index contributed by atoms with van der Waals surface area (Å²) in [6.07, 6.45) is 3.75. The van der Waals surface area contributed by atoms with Crippen LogP contribution in [-0.4, -0.2) is 42.3 Å². The number of nitrogens with one attached hydrogen (secondary N) is 3. The van der Waals surface area contributed by atoms with Gasteiger partial charge in [-0.2, -0.15) is 11.8 Å². The Bertz CT molecular complexity index is 801. The zero-order valence-corrected chi connectivity index (χ0v) is 17.0. The van der Waals surface area contributed by atoms with Crippen molar-refractivity contribution in [1.82, 2.24) is 10.6 Å². The summed E-state index contributed by atoms with van der Waals surface area (Å²) in [7, 11) is 0. The fraction of sp³-hybridized carbons (Fsp3) is 0.350. The van der Waals surface area contributed by atoms with Crippen LogP contribution < -0.4 is 16.0 Å². The summed E-state index contributed by atoms with van der Waals surface area (Å²) in [5, 5.41) is 8.07. The molecular weight excluding hydrogens is 378 g/mol. The van der Waals surface area contributed by atoms with Crippen LogP contribution in [0.4, 0.5) is 5.69 Å².